The normalized spacial score (nSPS) is 17.9. The Labute approximate surface area is 125 Å². The van der Waals surface area contributed by atoms with Gasteiger partial charge in [0.25, 0.3) is 0 Å². The number of rotatable bonds is 11. The largest absolute Gasteiger partial charge is 0.396 e. The molecule has 1 unspecified atom stereocenters. The molecule has 1 fully saturated rings. The highest BCUT2D eigenvalue weighted by molar-refractivity contribution is 4.61. The number of aliphatic hydroxyl groups excluding tert-OH is 2. The zero-order chi connectivity index (χ0) is 14.9. The number of unbranched alkanes of at least 4 members (excludes halogenated alkanes) is 9. The van der Waals surface area contributed by atoms with Crippen LogP contribution in [0.5, 0.6) is 0 Å². The highest BCUT2D eigenvalue weighted by Crippen LogP contribution is 2.10. The summed E-state index contributed by atoms with van der Waals surface area (Å²) in [6, 6.07) is 0. The van der Waals surface area contributed by atoms with Crippen LogP contribution in [0.4, 0.5) is 0 Å². The first-order valence-corrected chi connectivity index (χ1v) is 8.68. The quantitative estimate of drug-likeness (QED) is 0.564. The van der Waals surface area contributed by atoms with Crippen LogP contribution < -0.4 is 0 Å². The molecule has 1 aliphatic heterocycles. The lowest BCUT2D eigenvalue weighted by molar-refractivity contribution is 0.0591. The molecule has 20 heavy (non-hydrogen) atoms. The van der Waals surface area contributed by atoms with Gasteiger partial charge in [0, 0.05) is 13.2 Å². The summed E-state index contributed by atoms with van der Waals surface area (Å²) < 4.78 is 5.05. The van der Waals surface area contributed by atoms with Gasteiger partial charge in [-0.1, -0.05) is 64.7 Å². The van der Waals surface area contributed by atoms with Gasteiger partial charge in [0.2, 0.25) is 0 Å². The summed E-state index contributed by atoms with van der Waals surface area (Å²) in [6.07, 6.45) is 15.6. The lowest BCUT2D eigenvalue weighted by atomic mass is 10.1. The van der Waals surface area contributed by atoms with Crippen molar-refractivity contribution < 1.29 is 14.9 Å². The Balaban J connectivity index is 0.000000428. The van der Waals surface area contributed by atoms with E-state index in [0.717, 1.165) is 25.9 Å². The van der Waals surface area contributed by atoms with Gasteiger partial charge in [0.1, 0.15) is 0 Å². The molecule has 1 heterocycles. The topological polar surface area (TPSA) is 49.7 Å². The predicted molar refractivity (Wildman–Crippen MR) is 85.0 cm³/mol. The molecule has 0 aromatic heterocycles. The fraction of sp³-hybridized carbons (Fsp3) is 1.00. The third-order valence-electron chi connectivity index (χ3n) is 3.74. The summed E-state index contributed by atoms with van der Waals surface area (Å²) in [6.45, 7) is 3.66. The summed E-state index contributed by atoms with van der Waals surface area (Å²) in [5.41, 5.74) is 0. The molecule has 2 N–H and O–H groups in total. The fourth-order valence-electron chi connectivity index (χ4n) is 2.39. The maximum atomic E-state index is 8.57. The zero-order valence-electron chi connectivity index (χ0n) is 13.5. The Kier molecular flexibility index (Phi) is 16.8. The van der Waals surface area contributed by atoms with Crippen molar-refractivity contribution in [3.05, 3.63) is 0 Å². The van der Waals surface area contributed by atoms with E-state index in [1.807, 2.05) is 0 Å². The van der Waals surface area contributed by atoms with E-state index in [1.165, 1.54) is 57.8 Å². The minimum absolute atomic E-state index is 0.153. The molecule has 0 aromatic rings. The summed E-state index contributed by atoms with van der Waals surface area (Å²) in [5, 5.41) is 17.0. The lowest BCUT2D eigenvalue weighted by Crippen LogP contribution is -2.09. The molecule has 3 heteroatoms. The molecule has 1 saturated heterocycles. The van der Waals surface area contributed by atoms with Crippen molar-refractivity contribution in [1.29, 1.82) is 0 Å². The lowest BCUT2D eigenvalue weighted by Gasteiger charge is -2.00. The average Bonchev–Trinajstić information content (AvgIpc) is 3.00. The number of ether oxygens (including phenoxy) is 1. The molecule has 0 radical (unpaired) electrons. The molecule has 1 rings (SSSR count). The van der Waals surface area contributed by atoms with Crippen LogP contribution in [0.25, 0.3) is 0 Å². The predicted octanol–water partition coefficient (Wildman–Crippen LogP) is 4.06. The van der Waals surface area contributed by atoms with E-state index in [2.05, 4.69) is 6.92 Å². The van der Waals surface area contributed by atoms with Crippen LogP contribution in [0.2, 0.25) is 0 Å². The molecule has 0 amide bonds. The number of hydrogen-bond acceptors (Lipinski definition) is 3. The number of aliphatic hydroxyl groups is 2. The monoisotopic (exact) mass is 288 g/mol. The van der Waals surface area contributed by atoms with E-state index in [1.54, 1.807) is 0 Å². The Bertz CT molecular complexity index is 158. The van der Waals surface area contributed by atoms with E-state index in [0.29, 0.717) is 6.61 Å². The molecule has 0 aliphatic carbocycles. The number of hydrogen-bond donors (Lipinski definition) is 2. The first-order chi connectivity index (χ1) is 9.85. The second kappa shape index (κ2) is 16.9. The highest BCUT2D eigenvalue weighted by atomic mass is 16.5. The van der Waals surface area contributed by atoms with Crippen LogP contribution in [-0.2, 0) is 4.74 Å². The second-order valence-corrected chi connectivity index (χ2v) is 5.72. The molecule has 1 atom stereocenters. The highest BCUT2D eigenvalue weighted by Gasteiger charge is 2.12. The maximum Gasteiger partial charge on any atom is 0.0806 e. The van der Waals surface area contributed by atoms with Gasteiger partial charge in [0.05, 0.1) is 12.7 Å². The summed E-state index contributed by atoms with van der Waals surface area (Å²) in [4.78, 5) is 0. The van der Waals surface area contributed by atoms with Crippen LogP contribution >= 0.6 is 0 Å². The molecule has 0 saturated carbocycles. The molecule has 3 nitrogen and oxygen atoms in total. The molecular formula is C17H36O3. The van der Waals surface area contributed by atoms with Crippen molar-refractivity contribution in [2.24, 2.45) is 0 Å². The Morgan fingerprint density at radius 2 is 1.40 bits per heavy atom. The van der Waals surface area contributed by atoms with E-state index in [4.69, 9.17) is 14.9 Å². The Hall–Kier alpha value is -0.120. The smallest absolute Gasteiger partial charge is 0.0806 e. The van der Waals surface area contributed by atoms with Crippen molar-refractivity contribution in [2.75, 3.05) is 19.8 Å². The second-order valence-electron chi connectivity index (χ2n) is 5.72. The van der Waals surface area contributed by atoms with Gasteiger partial charge in [-0.3, -0.25) is 0 Å². The zero-order valence-corrected chi connectivity index (χ0v) is 13.5. The molecule has 0 bridgehead atoms. The molecule has 0 aromatic carbocycles. The molecule has 122 valence electrons. The first kappa shape index (κ1) is 19.9. The summed E-state index contributed by atoms with van der Waals surface area (Å²) in [7, 11) is 0. The van der Waals surface area contributed by atoms with Gasteiger partial charge in [-0.05, 0) is 19.3 Å². The van der Waals surface area contributed by atoms with Gasteiger partial charge >= 0.3 is 0 Å². The molecule has 0 spiro atoms. The third-order valence-corrected chi connectivity index (χ3v) is 3.74. The Morgan fingerprint density at radius 3 is 1.75 bits per heavy atom. The Morgan fingerprint density at radius 1 is 0.850 bits per heavy atom. The van der Waals surface area contributed by atoms with Crippen LogP contribution in [-0.4, -0.2) is 36.1 Å². The minimum atomic E-state index is 0.153. The fourth-order valence-corrected chi connectivity index (χ4v) is 2.39. The first-order valence-electron chi connectivity index (χ1n) is 8.68. The SMILES string of the molecule is CCCCCCCCCCCCO.OCC1CCCO1. The average molecular weight is 288 g/mol. The van der Waals surface area contributed by atoms with Gasteiger partial charge in [-0.25, -0.2) is 0 Å². The van der Waals surface area contributed by atoms with Gasteiger partial charge in [-0.2, -0.15) is 0 Å². The van der Waals surface area contributed by atoms with Gasteiger partial charge in [-0.15, -0.1) is 0 Å². The van der Waals surface area contributed by atoms with Crippen LogP contribution in [0.15, 0.2) is 0 Å². The summed E-state index contributed by atoms with van der Waals surface area (Å²) in [5.74, 6) is 0. The van der Waals surface area contributed by atoms with Crippen molar-refractivity contribution >= 4 is 0 Å². The van der Waals surface area contributed by atoms with E-state index in [-0.39, 0.29) is 12.7 Å². The van der Waals surface area contributed by atoms with Crippen LogP contribution in [0.1, 0.15) is 84.0 Å². The van der Waals surface area contributed by atoms with Crippen molar-refractivity contribution in [2.45, 2.75) is 90.1 Å². The van der Waals surface area contributed by atoms with E-state index >= 15 is 0 Å². The van der Waals surface area contributed by atoms with Crippen LogP contribution in [0.3, 0.4) is 0 Å². The summed E-state index contributed by atoms with van der Waals surface area (Å²) >= 11 is 0. The van der Waals surface area contributed by atoms with Crippen LogP contribution in [0, 0.1) is 0 Å². The van der Waals surface area contributed by atoms with Gasteiger partial charge < -0.3 is 14.9 Å². The minimum Gasteiger partial charge on any atom is -0.396 e. The van der Waals surface area contributed by atoms with Crippen molar-refractivity contribution in [1.82, 2.24) is 0 Å². The molecule has 1 aliphatic rings. The molecular weight excluding hydrogens is 252 g/mol. The van der Waals surface area contributed by atoms with Crippen molar-refractivity contribution in [3.63, 3.8) is 0 Å². The van der Waals surface area contributed by atoms with E-state index in [9.17, 15) is 0 Å². The van der Waals surface area contributed by atoms with Gasteiger partial charge in [0.15, 0.2) is 0 Å². The van der Waals surface area contributed by atoms with E-state index < -0.39 is 0 Å². The maximum absolute atomic E-state index is 8.57. The standard InChI is InChI=1S/C12H26O.C5H10O2/c1-2-3-4-5-6-7-8-9-10-11-12-13;6-4-5-2-1-3-7-5/h13H,2-12H2,1H3;5-6H,1-4H2. The van der Waals surface area contributed by atoms with Crippen molar-refractivity contribution in [3.8, 4) is 0 Å². The third kappa shape index (κ3) is 14.3.